The van der Waals surface area contributed by atoms with Gasteiger partial charge < -0.3 is 10.1 Å². The zero-order valence-corrected chi connectivity index (χ0v) is 21.1. The van der Waals surface area contributed by atoms with Gasteiger partial charge in [0.05, 0.1) is 16.0 Å². The van der Waals surface area contributed by atoms with E-state index in [1.807, 2.05) is 60.0 Å². The summed E-state index contributed by atoms with van der Waals surface area (Å²) in [5.41, 5.74) is 2.77. The van der Waals surface area contributed by atoms with E-state index >= 15 is 0 Å². The first-order chi connectivity index (χ1) is 17.5. The molecule has 36 heavy (non-hydrogen) atoms. The van der Waals surface area contributed by atoms with Gasteiger partial charge in [-0.25, -0.2) is 9.37 Å². The highest BCUT2D eigenvalue weighted by Crippen LogP contribution is 2.30. The Bertz CT molecular complexity index is 1520. The molecule has 0 aliphatic rings. The first-order valence-corrected chi connectivity index (χ1v) is 13.0. The second-order valence-corrected chi connectivity index (χ2v) is 9.95. The summed E-state index contributed by atoms with van der Waals surface area (Å²) >= 11 is 2.69. The number of thiazole rings is 1. The van der Waals surface area contributed by atoms with Crippen LogP contribution in [0, 0.1) is 12.7 Å². The Morgan fingerprint density at radius 1 is 1.08 bits per heavy atom. The molecule has 0 radical (unpaired) electrons. The molecule has 0 saturated heterocycles. The van der Waals surface area contributed by atoms with E-state index < -0.39 is 11.9 Å². The van der Waals surface area contributed by atoms with E-state index in [2.05, 4.69) is 20.5 Å². The number of aryl methyl sites for hydroxylation is 1. The highest BCUT2D eigenvalue weighted by molar-refractivity contribution is 7.99. The number of rotatable bonds is 8. The summed E-state index contributed by atoms with van der Waals surface area (Å²) < 4.78 is 22.9. The van der Waals surface area contributed by atoms with Crippen LogP contribution in [0.5, 0.6) is 5.75 Å². The van der Waals surface area contributed by atoms with Crippen molar-refractivity contribution in [3.05, 3.63) is 90.0 Å². The SMILES string of the molecule is Cc1cccc2sc(NC(=O)CSc3nnc(C(C)Oc4ccccc4F)n3-c3ccccc3)nc12. The molecule has 5 aromatic rings. The number of nitrogens with one attached hydrogen (secondary N) is 1. The summed E-state index contributed by atoms with van der Waals surface area (Å²) in [5, 5.41) is 12.6. The van der Waals surface area contributed by atoms with Crippen molar-refractivity contribution in [2.45, 2.75) is 25.1 Å². The third-order valence-corrected chi connectivity index (χ3v) is 7.24. The first kappa shape index (κ1) is 24.0. The molecule has 2 heterocycles. The predicted molar refractivity (Wildman–Crippen MR) is 141 cm³/mol. The Morgan fingerprint density at radius 3 is 2.64 bits per heavy atom. The first-order valence-electron chi connectivity index (χ1n) is 11.2. The number of ether oxygens (including phenoxy) is 1. The maximum atomic E-state index is 14.2. The number of hydrogen-bond acceptors (Lipinski definition) is 7. The molecule has 0 bridgehead atoms. The van der Waals surface area contributed by atoms with Crippen LogP contribution >= 0.6 is 23.1 Å². The number of nitrogens with zero attached hydrogens (tertiary/aromatic N) is 4. The maximum absolute atomic E-state index is 14.2. The summed E-state index contributed by atoms with van der Waals surface area (Å²) in [7, 11) is 0. The van der Waals surface area contributed by atoms with Gasteiger partial charge in [-0.05, 0) is 49.7 Å². The van der Waals surface area contributed by atoms with Gasteiger partial charge in [-0.2, -0.15) is 0 Å². The molecule has 5 rings (SSSR count). The zero-order valence-electron chi connectivity index (χ0n) is 19.5. The minimum atomic E-state index is -0.594. The molecular formula is C26H22FN5O2S2. The minimum Gasteiger partial charge on any atom is -0.480 e. The van der Waals surface area contributed by atoms with Gasteiger partial charge in [-0.3, -0.25) is 9.36 Å². The zero-order chi connectivity index (χ0) is 25.1. The van der Waals surface area contributed by atoms with Gasteiger partial charge in [0.1, 0.15) is 0 Å². The van der Waals surface area contributed by atoms with Crippen LogP contribution in [0.25, 0.3) is 15.9 Å². The molecule has 0 saturated carbocycles. The van der Waals surface area contributed by atoms with Crippen molar-refractivity contribution in [3.63, 3.8) is 0 Å². The van der Waals surface area contributed by atoms with Crippen LogP contribution in [0.4, 0.5) is 9.52 Å². The van der Waals surface area contributed by atoms with Gasteiger partial charge in [-0.1, -0.05) is 65.6 Å². The van der Waals surface area contributed by atoms with Crippen LogP contribution in [-0.2, 0) is 4.79 Å². The lowest BCUT2D eigenvalue weighted by molar-refractivity contribution is -0.113. The Kier molecular flexibility index (Phi) is 6.97. The van der Waals surface area contributed by atoms with Gasteiger partial charge in [0.2, 0.25) is 5.91 Å². The normalized spacial score (nSPS) is 12.0. The number of amides is 1. The minimum absolute atomic E-state index is 0.114. The number of benzene rings is 3. The maximum Gasteiger partial charge on any atom is 0.236 e. The monoisotopic (exact) mass is 519 g/mol. The van der Waals surface area contributed by atoms with E-state index in [1.165, 1.54) is 29.2 Å². The van der Waals surface area contributed by atoms with Crippen molar-refractivity contribution in [1.29, 1.82) is 0 Å². The third kappa shape index (κ3) is 5.09. The van der Waals surface area contributed by atoms with Gasteiger partial charge >= 0.3 is 0 Å². The summed E-state index contributed by atoms with van der Waals surface area (Å²) in [4.78, 5) is 17.3. The van der Waals surface area contributed by atoms with Gasteiger partial charge in [-0.15, -0.1) is 10.2 Å². The van der Waals surface area contributed by atoms with E-state index in [9.17, 15) is 9.18 Å². The molecule has 1 amide bonds. The molecule has 2 aromatic heterocycles. The molecule has 3 aromatic carbocycles. The molecule has 182 valence electrons. The van der Waals surface area contributed by atoms with E-state index in [4.69, 9.17) is 4.74 Å². The molecule has 7 nitrogen and oxygen atoms in total. The van der Waals surface area contributed by atoms with E-state index in [0.717, 1.165) is 21.5 Å². The fourth-order valence-electron chi connectivity index (χ4n) is 3.67. The molecule has 0 fully saturated rings. The average Bonchev–Trinajstić information content (AvgIpc) is 3.49. The number of aromatic nitrogens is 4. The fraction of sp³-hybridized carbons (Fsp3) is 0.154. The highest BCUT2D eigenvalue weighted by Gasteiger charge is 2.22. The number of anilines is 1. The summed E-state index contributed by atoms with van der Waals surface area (Å²) in [6, 6.07) is 21.7. The number of halogens is 1. The molecule has 1 N–H and O–H groups in total. The van der Waals surface area contributed by atoms with E-state index in [-0.39, 0.29) is 17.4 Å². The van der Waals surface area contributed by atoms with E-state index in [1.54, 1.807) is 25.1 Å². The molecule has 0 spiro atoms. The molecule has 1 unspecified atom stereocenters. The Balaban J connectivity index is 1.35. The van der Waals surface area contributed by atoms with Crippen LogP contribution in [0.3, 0.4) is 0 Å². The molecule has 0 aliphatic carbocycles. The van der Waals surface area contributed by atoms with Gasteiger partial charge in [0, 0.05) is 5.69 Å². The van der Waals surface area contributed by atoms with Crippen molar-refractivity contribution in [2.75, 3.05) is 11.1 Å². The van der Waals surface area contributed by atoms with Crippen LogP contribution < -0.4 is 10.1 Å². The lowest BCUT2D eigenvalue weighted by Gasteiger charge is -2.17. The summed E-state index contributed by atoms with van der Waals surface area (Å²) in [6.45, 7) is 3.78. The van der Waals surface area contributed by atoms with Crippen LogP contribution in [0.2, 0.25) is 0 Å². The molecule has 10 heteroatoms. The predicted octanol–water partition coefficient (Wildman–Crippen LogP) is 6.20. The quantitative estimate of drug-likeness (QED) is 0.246. The average molecular weight is 520 g/mol. The number of fused-ring (bicyclic) bond motifs is 1. The highest BCUT2D eigenvalue weighted by atomic mass is 32.2. The van der Waals surface area contributed by atoms with Crippen molar-refractivity contribution in [3.8, 4) is 11.4 Å². The molecular weight excluding hydrogens is 497 g/mol. The van der Waals surface area contributed by atoms with Crippen LogP contribution in [0.15, 0.2) is 78.0 Å². The van der Waals surface area contributed by atoms with Crippen LogP contribution in [0.1, 0.15) is 24.4 Å². The fourth-order valence-corrected chi connectivity index (χ4v) is 5.39. The largest absolute Gasteiger partial charge is 0.480 e. The lowest BCUT2D eigenvalue weighted by atomic mass is 10.2. The molecule has 0 aliphatic heterocycles. The Hall–Kier alpha value is -3.76. The smallest absolute Gasteiger partial charge is 0.236 e. The second-order valence-electron chi connectivity index (χ2n) is 7.98. The lowest BCUT2D eigenvalue weighted by Crippen LogP contribution is -2.15. The summed E-state index contributed by atoms with van der Waals surface area (Å²) in [5.74, 6) is 0.0897. The van der Waals surface area contributed by atoms with Gasteiger partial charge in [0.15, 0.2) is 33.8 Å². The molecule has 1 atom stereocenters. The number of carbonyl (C=O) groups excluding carboxylic acids is 1. The van der Waals surface area contributed by atoms with Crippen molar-refractivity contribution >= 4 is 44.4 Å². The standard InChI is InChI=1S/C26H22FN5O2S2/c1-16-9-8-14-21-23(16)29-25(36-21)28-22(33)15-35-26-31-30-24(32(26)18-10-4-3-5-11-18)17(2)34-20-13-7-6-12-19(20)27/h3-14,17H,15H2,1-2H3,(H,28,29,33). The van der Waals surface area contributed by atoms with Crippen LogP contribution in [-0.4, -0.2) is 31.4 Å². The van der Waals surface area contributed by atoms with E-state index in [0.29, 0.717) is 16.1 Å². The third-order valence-electron chi connectivity index (χ3n) is 5.38. The number of para-hydroxylation sites is 3. The Labute approximate surface area is 215 Å². The van der Waals surface area contributed by atoms with Crippen molar-refractivity contribution in [2.24, 2.45) is 0 Å². The second kappa shape index (κ2) is 10.5. The van der Waals surface area contributed by atoms with Crippen molar-refractivity contribution in [1.82, 2.24) is 19.7 Å². The number of carbonyl (C=O) groups is 1. The Morgan fingerprint density at radius 2 is 1.86 bits per heavy atom. The van der Waals surface area contributed by atoms with Crippen molar-refractivity contribution < 1.29 is 13.9 Å². The topological polar surface area (TPSA) is 81.9 Å². The summed E-state index contributed by atoms with van der Waals surface area (Å²) in [6.07, 6.45) is -0.594. The van der Waals surface area contributed by atoms with Gasteiger partial charge in [0.25, 0.3) is 0 Å². The number of hydrogen-bond donors (Lipinski definition) is 1. The number of thioether (sulfide) groups is 1.